The molecule has 0 bridgehead atoms. The molecule has 162 valence electrons. The van der Waals surface area contributed by atoms with Crippen LogP contribution in [0.2, 0.25) is 0 Å². The molecule has 2 aromatic carbocycles. The van der Waals surface area contributed by atoms with Gasteiger partial charge in [-0.3, -0.25) is 9.59 Å². The van der Waals surface area contributed by atoms with Crippen LogP contribution in [0.4, 0.5) is 0 Å². The fraction of sp³-hybridized carbons (Fsp3) is 0.292. The predicted octanol–water partition coefficient (Wildman–Crippen LogP) is 3.39. The number of carbonyl (C=O) groups is 3. The van der Waals surface area contributed by atoms with Crippen LogP contribution in [0, 0.1) is 6.92 Å². The first-order valence-electron chi connectivity index (χ1n) is 10.2. The van der Waals surface area contributed by atoms with E-state index in [1.165, 1.54) is 0 Å². The van der Waals surface area contributed by atoms with Gasteiger partial charge in [0.2, 0.25) is 0 Å². The van der Waals surface area contributed by atoms with Crippen molar-refractivity contribution in [2.45, 2.75) is 39.8 Å². The second kappa shape index (κ2) is 9.47. The van der Waals surface area contributed by atoms with Gasteiger partial charge in [-0.25, -0.2) is 4.79 Å². The lowest BCUT2D eigenvalue weighted by Gasteiger charge is -2.17. The third-order valence-corrected chi connectivity index (χ3v) is 5.14. The SMILES string of the molecule is CCOC(=O)C(CC)Oc1cccc2c1c(C(=O)C(N)=O)c(C)n2Cc1ccccc1. The van der Waals surface area contributed by atoms with Crippen LogP contribution in [0.15, 0.2) is 48.5 Å². The van der Waals surface area contributed by atoms with Gasteiger partial charge >= 0.3 is 5.97 Å². The minimum absolute atomic E-state index is 0.188. The molecule has 0 aliphatic carbocycles. The maximum Gasteiger partial charge on any atom is 0.347 e. The second-order valence-corrected chi connectivity index (χ2v) is 7.14. The van der Waals surface area contributed by atoms with Gasteiger partial charge in [-0.05, 0) is 38.0 Å². The molecule has 1 unspecified atom stereocenters. The average molecular weight is 422 g/mol. The standard InChI is InChI=1S/C24H26N2O5/c1-4-18(24(29)30-5-2)31-19-13-9-12-17-21(19)20(22(27)23(25)28)15(3)26(17)14-16-10-7-6-8-11-16/h6-13,18H,4-5,14H2,1-3H3,(H2,25,28). The highest BCUT2D eigenvalue weighted by Gasteiger charge is 2.28. The number of nitrogens with zero attached hydrogens (tertiary/aromatic N) is 1. The van der Waals surface area contributed by atoms with E-state index in [2.05, 4.69) is 0 Å². The zero-order valence-electron chi connectivity index (χ0n) is 17.9. The Morgan fingerprint density at radius 2 is 1.74 bits per heavy atom. The molecule has 0 fully saturated rings. The van der Waals surface area contributed by atoms with E-state index in [0.29, 0.717) is 35.3 Å². The number of esters is 1. The Bertz CT molecular complexity index is 1120. The number of Topliss-reactive ketones (excluding diaryl/α,β-unsaturated/α-hetero) is 1. The van der Waals surface area contributed by atoms with E-state index in [1.54, 1.807) is 26.0 Å². The molecule has 1 heterocycles. The highest BCUT2D eigenvalue weighted by Crippen LogP contribution is 2.35. The Labute approximate surface area is 180 Å². The normalized spacial score (nSPS) is 11.8. The summed E-state index contributed by atoms with van der Waals surface area (Å²) in [6.07, 6.45) is -0.447. The van der Waals surface area contributed by atoms with E-state index >= 15 is 0 Å². The van der Waals surface area contributed by atoms with Gasteiger partial charge in [0.15, 0.2) is 6.10 Å². The predicted molar refractivity (Wildman–Crippen MR) is 117 cm³/mol. The van der Waals surface area contributed by atoms with Crippen molar-refractivity contribution in [3.05, 3.63) is 65.4 Å². The number of hydrogen-bond acceptors (Lipinski definition) is 5. The molecule has 1 amide bonds. The Balaban J connectivity index is 2.18. The molecule has 0 aliphatic heterocycles. The summed E-state index contributed by atoms with van der Waals surface area (Å²) in [5, 5.41) is 0.461. The molecule has 7 heteroatoms. The summed E-state index contributed by atoms with van der Waals surface area (Å²) in [5.74, 6) is -1.99. The molecule has 1 atom stereocenters. The number of nitrogens with two attached hydrogens (primary N) is 1. The fourth-order valence-electron chi connectivity index (χ4n) is 3.65. The lowest BCUT2D eigenvalue weighted by molar-refractivity contribution is -0.151. The smallest absolute Gasteiger partial charge is 0.347 e. The van der Waals surface area contributed by atoms with Crippen LogP contribution in [0.3, 0.4) is 0 Å². The number of primary amides is 1. The number of benzene rings is 2. The minimum atomic E-state index is -1.05. The summed E-state index contributed by atoms with van der Waals surface area (Å²) in [6.45, 7) is 6.03. The fourth-order valence-corrected chi connectivity index (χ4v) is 3.65. The molecule has 0 saturated carbocycles. The Kier molecular flexibility index (Phi) is 6.74. The molecular weight excluding hydrogens is 396 g/mol. The zero-order chi connectivity index (χ0) is 22.5. The molecule has 0 aliphatic rings. The number of aromatic nitrogens is 1. The average Bonchev–Trinajstić information content (AvgIpc) is 3.04. The number of fused-ring (bicyclic) bond motifs is 1. The number of rotatable bonds is 9. The highest BCUT2D eigenvalue weighted by atomic mass is 16.6. The molecular formula is C24H26N2O5. The summed E-state index contributed by atoms with van der Waals surface area (Å²) in [6, 6.07) is 15.1. The van der Waals surface area contributed by atoms with Gasteiger partial charge in [-0.2, -0.15) is 0 Å². The van der Waals surface area contributed by atoms with Gasteiger partial charge in [0.25, 0.3) is 11.7 Å². The van der Waals surface area contributed by atoms with Crippen molar-refractivity contribution in [2.24, 2.45) is 5.73 Å². The monoisotopic (exact) mass is 422 g/mol. The second-order valence-electron chi connectivity index (χ2n) is 7.14. The van der Waals surface area contributed by atoms with Gasteiger partial charge < -0.3 is 19.8 Å². The van der Waals surface area contributed by atoms with Crippen molar-refractivity contribution in [3.8, 4) is 5.75 Å². The minimum Gasteiger partial charge on any atom is -0.478 e. The van der Waals surface area contributed by atoms with Gasteiger partial charge in [0.1, 0.15) is 5.75 Å². The third kappa shape index (κ3) is 4.45. The van der Waals surface area contributed by atoms with E-state index in [9.17, 15) is 14.4 Å². The number of ether oxygens (including phenoxy) is 2. The van der Waals surface area contributed by atoms with Crippen LogP contribution in [0.25, 0.3) is 10.9 Å². The van der Waals surface area contributed by atoms with Crippen LogP contribution in [0.1, 0.15) is 41.9 Å². The summed E-state index contributed by atoms with van der Waals surface area (Å²) >= 11 is 0. The quantitative estimate of drug-likeness (QED) is 0.324. The molecule has 1 aromatic heterocycles. The number of ketones is 1. The van der Waals surface area contributed by atoms with Gasteiger partial charge in [0.05, 0.1) is 23.1 Å². The molecule has 31 heavy (non-hydrogen) atoms. The van der Waals surface area contributed by atoms with Crippen LogP contribution in [-0.4, -0.2) is 34.9 Å². The number of amides is 1. The molecule has 3 rings (SSSR count). The van der Waals surface area contributed by atoms with Crippen molar-refractivity contribution in [1.29, 1.82) is 0 Å². The Morgan fingerprint density at radius 3 is 2.35 bits per heavy atom. The number of hydrogen-bond donors (Lipinski definition) is 1. The van der Waals surface area contributed by atoms with E-state index in [0.717, 1.165) is 5.56 Å². The van der Waals surface area contributed by atoms with Gasteiger partial charge in [-0.15, -0.1) is 0 Å². The van der Waals surface area contributed by atoms with Crippen molar-refractivity contribution >= 4 is 28.6 Å². The lowest BCUT2D eigenvalue weighted by Crippen LogP contribution is -2.29. The van der Waals surface area contributed by atoms with Crippen LogP contribution in [-0.2, 0) is 20.9 Å². The number of carbonyl (C=O) groups excluding carboxylic acids is 3. The largest absolute Gasteiger partial charge is 0.478 e. The molecule has 7 nitrogen and oxygen atoms in total. The molecule has 2 N–H and O–H groups in total. The first-order chi connectivity index (χ1) is 14.9. The van der Waals surface area contributed by atoms with E-state index in [-0.39, 0.29) is 12.2 Å². The van der Waals surface area contributed by atoms with Gasteiger partial charge in [-0.1, -0.05) is 43.3 Å². The topological polar surface area (TPSA) is 101 Å². The molecule has 0 spiro atoms. The zero-order valence-corrected chi connectivity index (χ0v) is 17.9. The van der Waals surface area contributed by atoms with Crippen LogP contribution < -0.4 is 10.5 Å². The first-order valence-corrected chi connectivity index (χ1v) is 10.2. The lowest BCUT2D eigenvalue weighted by atomic mass is 10.1. The Hall–Kier alpha value is -3.61. The highest BCUT2D eigenvalue weighted by molar-refractivity contribution is 6.45. The maximum absolute atomic E-state index is 12.8. The first kappa shape index (κ1) is 22.1. The van der Waals surface area contributed by atoms with Crippen molar-refractivity contribution in [1.82, 2.24) is 4.57 Å². The molecule has 0 radical (unpaired) electrons. The maximum atomic E-state index is 12.8. The summed E-state index contributed by atoms with van der Waals surface area (Å²) in [5.41, 5.74) is 7.87. The van der Waals surface area contributed by atoms with Crippen LogP contribution in [0.5, 0.6) is 5.75 Å². The summed E-state index contributed by atoms with van der Waals surface area (Å²) in [4.78, 5) is 36.8. The van der Waals surface area contributed by atoms with Crippen molar-refractivity contribution < 1.29 is 23.9 Å². The Morgan fingerprint density at radius 1 is 1.03 bits per heavy atom. The third-order valence-electron chi connectivity index (χ3n) is 5.14. The summed E-state index contributed by atoms with van der Waals surface area (Å²) in [7, 11) is 0. The van der Waals surface area contributed by atoms with Crippen molar-refractivity contribution in [2.75, 3.05) is 6.61 Å². The summed E-state index contributed by atoms with van der Waals surface area (Å²) < 4.78 is 13.0. The van der Waals surface area contributed by atoms with E-state index < -0.39 is 23.8 Å². The van der Waals surface area contributed by atoms with E-state index in [4.69, 9.17) is 15.2 Å². The van der Waals surface area contributed by atoms with Crippen LogP contribution >= 0.6 is 0 Å². The van der Waals surface area contributed by atoms with E-state index in [1.807, 2.05) is 47.9 Å². The van der Waals surface area contributed by atoms with Crippen molar-refractivity contribution in [3.63, 3.8) is 0 Å². The van der Waals surface area contributed by atoms with Gasteiger partial charge in [0, 0.05) is 12.2 Å². The molecule has 0 saturated heterocycles. The molecule has 3 aromatic rings.